The van der Waals surface area contributed by atoms with Crippen molar-refractivity contribution in [1.29, 1.82) is 0 Å². The maximum atomic E-state index is 12.8. The third-order valence-electron chi connectivity index (χ3n) is 5.47. The molecule has 1 amide bonds. The van der Waals surface area contributed by atoms with Crippen molar-refractivity contribution in [3.63, 3.8) is 0 Å². The third-order valence-corrected chi connectivity index (χ3v) is 5.47. The standard InChI is InChI=1S/C26H18N2O4/c29-25(17-8-10-23-24(14-17)31-13-12-30-23)27-18-9-11-22-21(15-18)28-26(32-22)20-7-3-5-16-4-1-2-6-19(16)20/h1-11,14-15H,12-13H2,(H,27,29). The van der Waals surface area contributed by atoms with Gasteiger partial charge in [-0.3, -0.25) is 4.79 Å². The maximum absolute atomic E-state index is 12.8. The molecule has 4 aromatic carbocycles. The lowest BCUT2D eigenvalue weighted by Gasteiger charge is -2.18. The van der Waals surface area contributed by atoms with Crippen LogP contribution in [0.15, 0.2) is 83.3 Å². The number of nitrogens with one attached hydrogen (secondary N) is 1. The first-order valence-electron chi connectivity index (χ1n) is 10.3. The number of aromatic nitrogens is 1. The first-order chi connectivity index (χ1) is 15.7. The van der Waals surface area contributed by atoms with E-state index in [1.165, 1.54) is 0 Å². The Labute approximate surface area is 183 Å². The van der Waals surface area contributed by atoms with Crippen LogP contribution in [0.3, 0.4) is 0 Å². The van der Waals surface area contributed by atoms with Crippen molar-refractivity contribution in [2.24, 2.45) is 0 Å². The van der Waals surface area contributed by atoms with E-state index in [0.717, 1.165) is 16.3 Å². The summed E-state index contributed by atoms with van der Waals surface area (Å²) < 4.78 is 17.1. The van der Waals surface area contributed by atoms with Crippen LogP contribution >= 0.6 is 0 Å². The average molecular weight is 422 g/mol. The van der Waals surface area contributed by atoms with E-state index in [4.69, 9.17) is 13.9 Å². The van der Waals surface area contributed by atoms with Crippen LogP contribution in [0.1, 0.15) is 10.4 Å². The van der Waals surface area contributed by atoms with E-state index in [1.54, 1.807) is 24.3 Å². The summed E-state index contributed by atoms with van der Waals surface area (Å²) in [7, 11) is 0. The van der Waals surface area contributed by atoms with Gasteiger partial charge in [-0.2, -0.15) is 0 Å². The topological polar surface area (TPSA) is 73.6 Å². The highest BCUT2D eigenvalue weighted by Crippen LogP contribution is 2.33. The van der Waals surface area contributed by atoms with Crippen molar-refractivity contribution in [2.75, 3.05) is 18.5 Å². The Hall–Kier alpha value is -4.32. The number of anilines is 1. The summed E-state index contributed by atoms with van der Waals surface area (Å²) in [6.45, 7) is 0.983. The van der Waals surface area contributed by atoms with E-state index in [1.807, 2.05) is 36.4 Å². The molecule has 6 rings (SSSR count). The molecule has 1 N–H and O–H groups in total. The monoisotopic (exact) mass is 422 g/mol. The zero-order chi connectivity index (χ0) is 21.5. The van der Waals surface area contributed by atoms with Gasteiger partial charge >= 0.3 is 0 Å². The summed E-state index contributed by atoms with van der Waals surface area (Å²) in [5, 5.41) is 5.12. The molecule has 1 aliphatic heterocycles. The fourth-order valence-electron chi connectivity index (χ4n) is 3.92. The van der Waals surface area contributed by atoms with Crippen LogP contribution < -0.4 is 14.8 Å². The lowest BCUT2D eigenvalue weighted by atomic mass is 10.0. The minimum absolute atomic E-state index is 0.237. The van der Waals surface area contributed by atoms with E-state index < -0.39 is 0 Å². The van der Waals surface area contributed by atoms with Gasteiger partial charge in [0.05, 0.1) is 0 Å². The van der Waals surface area contributed by atoms with Gasteiger partial charge in [-0.15, -0.1) is 0 Å². The number of carbonyl (C=O) groups excluding carboxylic acids is 1. The fraction of sp³-hybridized carbons (Fsp3) is 0.0769. The number of rotatable bonds is 3. The SMILES string of the molecule is O=C(Nc1ccc2oc(-c3cccc4ccccc34)nc2c1)c1ccc2c(c1)OCCO2. The molecule has 0 aliphatic carbocycles. The molecule has 0 saturated heterocycles. The molecule has 0 unspecified atom stereocenters. The normalized spacial score (nSPS) is 12.8. The van der Waals surface area contributed by atoms with Crippen LogP contribution in [0.4, 0.5) is 5.69 Å². The first kappa shape index (κ1) is 18.4. The number of hydrogen-bond acceptors (Lipinski definition) is 5. The molecule has 32 heavy (non-hydrogen) atoms. The molecule has 6 heteroatoms. The number of oxazole rings is 1. The van der Waals surface area contributed by atoms with Crippen molar-refractivity contribution in [3.8, 4) is 23.0 Å². The van der Waals surface area contributed by atoms with Crippen molar-refractivity contribution < 1.29 is 18.7 Å². The van der Waals surface area contributed by atoms with E-state index in [0.29, 0.717) is 53.0 Å². The quantitative estimate of drug-likeness (QED) is 0.405. The number of ether oxygens (including phenoxy) is 2. The van der Waals surface area contributed by atoms with Crippen LogP contribution in [0, 0.1) is 0 Å². The average Bonchev–Trinajstić information content (AvgIpc) is 3.26. The second-order valence-corrected chi connectivity index (χ2v) is 7.54. The number of nitrogens with zero attached hydrogens (tertiary/aromatic N) is 1. The second-order valence-electron chi connectivity index (χ2n) is 7.54. The Kier molecular flexibility index (Phi) is 4.28. The Balaban J connectivity index is 1.30. The predicted octanol–water partition coefficient (Wildman–Crippen LogP) is 5.67. The van der Waals surface area contributed by atoms with E-state index >= 15 is 0 Å². The second kappa shape index (κ2) is 7.42. The number of hydrogen-bond donors (Lipinski definition) is 1. The van der Waals surface area contributed by atoms with Gasteiger partial charge in [-0.05, 0) is 53.2 Å². The van der Waals surface area contributed by atoms with Gasteiger partial charge in [-0.1, -0.05) is 36.4 Å². The van der Waals surface area contributed by atoms with E-state index in [2.05, 4.69) is 28.5 Å². The van der Waals surface area contributed by atoms with Crippen molar-refractivity contribution in [3.05, 3.63) is 84.4 Å². The number of amides is 1. The molecular formula is C26H18N2O4. The van der Waals surface area contributed by atoms with Gasteiger partial charge in [0.25, 0.3) is 5.91 Å². The van der Waals surface area contributed by atoms with Gasteiger partial charge in [-0.25, -0.2) is 4.98 Å². The highest BCUT2D eigenvalue weighted by molar-refractivity contribution is 6.05. The van der Waals surface area contributed by atoms with Crippen molar-refractivity contribution in [1.82, 2.24) is 4.98 Å². The lowest BCUT2D eigenvalue weighted by molar-refractivity contribution is 0.102. The Morgan fingerprint density at radius 3 is 2.62 bits per heavy atom. The smallest absolute Gasteiger partial charge is 0.255 e. The van der Waals surface area contributed by atoms with Crippen LogP contribution in [-0.4, -0.2) is 24.1 Å². The molecule has 0 spiro atoms. The Bertz CT molecular complexity index is 1480. The summed E-state index contributed by atoms with van der Waals surface area (Å²) in [6, 6.07) is 24.8. The molecule has 0 bridgehead atoms. The van der Waals surface area contributed by atoms with Gasteiger partial charge < -0.3 is 19.2 Å². The van der Waals surface area contributed by atoms with Crippen LogP contribution in [0.2, 0.25) is 0 Å². The molecular weight excluding hydrogens is 404 g/mol. The summed E-state index contributed by atoms with van der Waals surface area (Å²) in [5.74, 6) is 1.54. The third kappa shape index (κ3) is 3.22. The highest BCUT2D eigenvalue weighted by atomic mass is 16.6. The number of fused-ring (bicyclic) bond motifs is 3. The number of benzene rings is 4. The Morgan fingerprint density at radius 1 is 0.844 bits per heavy atom. The maximum Gasteiger partial charge on any atom is 0.255 e. The molecule has 156 valence electrons. The number of carbonyl (C=O) groups is 1. The molecule has 1 aliphatic rings. The minimum Gasteiger partial charge on any atom is -0.486 e. The summed E-state index contributed by atoms with van der Waals surface area (Å²) in [6.07, 6.45) is 0. The zero-order valence-corrected chi connectivity index (χ0v) is 17.0. The summed E-state index contributed by atoms with van der Waals surface area (Å²) in [4.78, 5) is 17.4. The molecule has 5 aromatic rings. The predicted molar refractivity (Wildman–Crippen MR) is 122 cm³/mol. The molecule has 2 heterocycles. The van der Waals surface area contributed by atoms with Crippen molar-refractivity contribution >= 4 is 33.5 Å². The molecule has 0 fully saturated rings. The Morgan fingerprint density at radius 2 is 1.69 bits per heavy atom. The largest absolute Gasteiger partial charge is 0.486 e. The minimum atomic E-state index is -0.237. The van der Waals surface area contributed by atoms with Gasteiger partial charge in [0, 0.05) is 16.8 Å². The van der Waals surface area contributed by atoms with Crippen LogP contribution in [0.5, 0.6) is 11.5 Å². The van der Waals surface area contributed by atoms with Crippen molar-refractivity contribution in [2.45, 2.75) is 0 Å². The van der Waals surface area contributed by atoms with Gasteiger partial charge in [0.1, 0.15) is 18.7 Å². The highest BCUT2D eigenvalue weighted by Gasteiger charge is 2.16. The van der Waals surface area contributed by atoms with E-state index in [-0.39, 0.29) is 5.91 Å². The molecule has 0 saturated carbocycles. The fourth-order valence-corrected chi connectivity index (χ4v) is 3.92. The molecule has 0 radical (unpaired) electrons. The summed E-state index contributed by atoms with van der Waals surface area (Å²) >= 11 is 0. The van der Waals surface area contributed by atoms with Crippen LogP contribution in [-0.2, 0) is 0 Å². The van der Waals surface area contributed by atoms with Crippen LogP contribution in [0.25, 0.3) is 33.3 Å². The summed E-state index contributed by atoms with van der Waals surface area (Å²) in [5.41, 5.74) is 3.39. The first-order valence-corrected chi connectivity index (χ1v) is 10.3. The molecule has 1 aromatic heterocycles. The molecule has 6 nitrogen and oxygen atoms in total. The van der Waals surface area contributed by atoms with E-state index in [9.17, 15) is 4.79 Å². The van der Waals surface area contributed by atoms with Gasteiger partial charge in [0.2, 0.25) is 5.89 Å². The zero-order valence-electron chi connectivity index (χ0n) is 17.0. The molecule has 0 atom stereocenters. The van der Waals surface area contributed by atoms with Gasteiger partial charge in [0.15, 0.2) is 17.1 Å². The lowest BCUT2D eigenvalue weighted by Crippen LogP contribution is -2.17.